The lowest BCUT2D eigenvalue weighted by atomic mass is 10.1. The largest absolute Gasteiger partial charge is 0.399 e. The van der Waals surface area contributed by atoms with E-state index in [2.05, 4.69) is 11.4 Å². The third-order valence-electron chi connectivity index (χ3n) is 1.27. The number of rotatable bonds is 5. The highest BCUT2D eigenvalue weighted by atomic mass is 16.1. The van der Waals surface area contributed by atoms with Crippen LogP contribution >= 0.6 is 0 Å². The first-order valence-electron chi connectivity index (χ1n) is 3.50. The molecule has 0 saturated carbocycles. The summed E-state index contributed by atoms with van der Waals surface area (Å²) in [6.45, 7) is 4.60. The Labute approximate surface area is 70.5 Å². The Kier molecular flexibility index (Phi) is 4.49. The molecule has 0 aliphatic carbocycles. The fraction of sp³-hybridized carbons (Fsp3) is 0.375. The van der Waals surface area contributed by atoms with Crippen molar-refractivity contribution in [3.8, 4) is 0 Å². The van der Waals surface area contributed by atoms with Gasteiger partial charge < -0.3 is 5.53 Å². The van der Waals surface area contributed by atoms with Gasteiger partial charge in [0.05, 0.1) is 0 Å². The fourth-order valence-corrected chi connectivity index (χ4v) is 0.674. The maximum absolute atomic E-state index is 11.0. The van der Waals surface area contributed by atoms with Crippen molar-refractivity contribution in [1.29, 1.82) is 0 Å². The maximum Gasteiger partial charge on any atom is 0.399 e. The average molecular weight is 166 g/mol. The summed E-state index contributed by atoms with van der Waals surface area (Å²) < 4.78 is 0. The monoisotopic (exact) mass is 166 g/mol. The van der Waals surface area contributed by atoms with Crippen LogP contribution in [0.15, 0.2) is 12.7 Å². The zero-order valence-electron chi connectivity index (χ0n) is 6.91. The van der Waals surface area contributed by atoms with E-state index in [-0.39, 0.29) is 6.42 Å². The van der Waals surface area contributed by atoms with Crippen LogP contribution in [0.25, 0.3) is 5.53 Å². The van der Waals surface area contributed by atoms with E-state index in [9.17, 15) is 9.59 Å². The third-order valence-corrected chi connectivity index (χ3v) is 1.27. The molecule has 0 aromatic carbocycles. The van der Waals surface area contributed by atoms with Crippen molar-refractivity contribution in [2.24, 2.45) is 0 Å². The number of ketones is 2. The molecule has 0 aliphatic heterocycles. The molecule has 4 nitrogen and oxygen atoms in total. The molecule has 0 aliphatic rings. The van der Waals surface area contributed by atoms with Crippen LogP contribution in [0.1, 0.15) is 19.8 Å². The summed E-state index contributed by atoms with van der Waals surface area (Å²) in [7, 11) is 0. The van der Waals surface area contributed by atoms with E-state index >= 15 is 0 Å². The van der Waals surface area contributed by atoms with Crippen LogP contribution in [-0.4, -0.2) is 22.1 Å². The lowest BCUT2D eigenvalue weighted by molar-refractivity contribution is -0.123. The predicted octanol–water partition coefficient (Wildman–Crippen LogP) is 0.782. The molecule has 0 heterocycles. The summed E-state index contributed by atoms with van der Waals surface area (Å²) in [5.41, 5.74) is 7.89. The molecule has 0 fully saturated rings. The molecular formula is C8H10N2O2. The van der Waals surface area contributed by atoms with E-state index in [4.69, 9.17) is 5.53 Å². The molecule has 0 spiro atoms. The SMILES string of the molecule is C=CCCC(=O)C(=[N+]=[N-])C(C)=O. The van der Waals surface area contributed by atoms with Crippen LogP contribution in [-0.2, 0) is 9.59 Å². The van der Waals surface area contributed by atoms with E-state index in [1.807, 2.05) is 0 Å². The number of carbonyl (C=O) groups excluding carboxylic acids is 2. The summed E-state index contributed by atoms with van der Waals surface area (Å²) in [6, 6.07) is 0. The Morgan fingerprint density at radius 1 is 1.58 bits per heavy atom. The lowest BCUT2D eigenvalue weighted by Gasteiger charge is -1.88. The molecule has 0 bridgehead atoms. The fourth-order valence-electron chi connectivity index (χ4n) is 0.674. The lowest BCUT2D eigenvalue weighted by Crippen LogP contribution is -2.22. The molecule has 12 heavy (non-hydrogen) atoms. The van der Waals surface area contributed by atoms with Crippen LogP contribution in [0.2, 0.25) is 0 Å². The first-order chi connectivity index (χ1) is 5.63. The molecule has 4 heteroatoms. The predicted molar refractivity (Wildman–Crippen MR) is 43.7 cm³/mol. The summed E-state index contributed by atoms with van der Waals surface area (Å²) in [5.74, 6) is -0.975. The zero-order valence-corrected chi connectivity index (χ0v) is 6.91. The van der Waals surface area contributed by atoms with Crippen molar-refractivity contribution >= 4 is 17.3 Å². The van der Waals surface area contributed by atoms with Crippen molar-refractivity contribution < 1.29 is 14.4 Å². The number of hydrogen-bond donors (Lipinski definition) is 0. The van der Waals surface area contributed by atoms with Gasteiger partial charge in [-0.05, 0) is 6.42 Å². The maximum atomic E-state index is 11.0. The molecule has 0 N–H and O–H groups in total. The van der Waals surface area contributed by atoms with Crippen LogP contribution in [0.3, 0.4) is 0 Å². The zero-order chi connectivity index (χ0) is 9.56. The first kappa shape index (κ1) is 10.5. The van der Waals surface area contributed by atoms with Gasteiger partial charge in [-0.3, -0.25) is 9.59 Å². The molecule has 0 aromatic heterocycles. The van der Waals surface area contributed by atoms with Gasteiger partial charge >= 0.3 is 5.71 Å². The van der Waals surface area contributed by atoms with E-state index in [0.717, 1.165) is 0 Å². The molecule has 64 valence electrons. The normalized spacial score (nSPS) is 8.42. The summed E-state index contributed by atoms with van der Waals surface area (Å²) in [6.07, 6.45) is 2.20. The van der Waals surface area contributed by atoms with Crippen molar-refractivity contribution in [3.05, 3.63) is 18.2 Å². The van der Waals surface area contributed by atoms with Crippen LogP contribution < -0.4 is 0 Å². The van der Waals surface area contributed by atoms with Crippen LogP contribution in [0, 0.1) is 0 Å². The summed E-state index contributed by atoms with van der Waals surface area (Å²) >= 11 is 0. The second-order valence-electron chi connectivity index (χ2n) is 2.26. The topological polar surface area (TPSA) is 70.5 Å². The number of carbonyl (C=O) groups is 2. The Bertz CT molecular complexity index is 262. The highest BCUT2D eigenvalue weighted by Crippen LogP contribution is 1.93. The number of Topliss-reactive ketones (excluding diaryl/α,β-unsaturated/α-hetero) is 2. The van der Waals surface area contributed by atoms with Gasteiger partial charge in [-0.25, -0.2) is 0 Å². The second-order valence-corrected chi connectivity index (χ2v) is 2.26. The van der Waals surface area contributed by atoms with Gasteiger partial charge in [0.25, 0.3) is 0 Å². The van der Waals surface area contributed by atoms with Gasteiger partial charge in [0, 0.05) is 13.3 Å². The molecule has 0 rings (SSSR count). The highest BCUT2D eigenvalue weighted by molar-refractivity contribution is 6.63. The van der Waals surface area contributed by atoms with Crippen molar-refractivity contribution in [1.82, 2.24) is 0 Å². The third kappa shape index (κ3) is 3.03. The summed E-state index contributed by atoms with van der Waals surface area (Å²) in [4.78, 5) is 24.3. The average Bonchev–Trinajstić information content (AvgIpc) is 2.01. The minimum atomic E-state index is -0.522. The standard InChI is InChI=1S/C8H10N2O2/c1-3-4-5-7(12)8(10-9)6(2)11/h3H,1,4-5H2,2H3. The van der Waals surface area contributed by atoms with Gasteiger partial charge in [0.1, 0.15) is 0 Å². The van der Waals surface area contributed by atoms with Gasteiger partial charge in [-0.2, -0.15) is 4.79 Å². The van der Waals surface area contributed by atoms with E-state index in [1.54, 1.807) is 6.08 Å². The molecule has 0 aromatic rings. The first-order valence-corrected chi connectivity index (χ1v) is 3.50. The minimum absolute atomic E-state index is 0.155. The van der Waals surface area contributed by atoms with E-state index < -0.39 is 17.3 Å². The molecule has 0 saturated heterocycles. The van der Waals surface area contributed by atoms with Gasteiger partial charge in [-0.15, -0.1) is 6.58 Å². The van der Waals surface area contributed by atoms with E-state index in [0.29, 0.717) is 6.42 Å². The van der Waals surface area contributed by atoms with Crippen molar-refractivity contribution in [3.63, 3.8) is 0 Å². The second kappa shape index (κ2) is 5.16. The van der Waals surface area contributed by atoms with Gasteiger partial charge in [0.15, 0.2) is 0 Å². The van der Waals surface area contributed by atoms with Gasteiger partial charge in [-0.1, -0.05) is 6.08 Å². The van der Waals surface area contributed by atoms with Crippen LogP contribution in [0.4, 0.5) is 0 Å². The highest BCUT2D eigenvalue weighted by Gasteiger charge is 2.23. The molecular weight excluding hydrogens is 156 g/mol. The van der Waals surface area contributed by atoms with Crippen molar-refractivity contribution in [2.75, 3.05) is 0 Å². The molecule has 0 radical (unpaired) electrons. The molecule has 0 amide bonds. The Morgan fingerprint density at radius 3 is 2.50 bits per heavy atom. The Morgan fingerprint density at radius 2 is 2.17 bits per heavy atom. The Balaban J connectivity index is 4.35. The number of hydrogen-bond acceptors (Lipinski definition) is 2. The minimum Gasteiger partial charge on any atom is -0.360 e. The summed E-state index contributed by atoms with van der Waals surface area (Å²) in [5, 5.41) is 0. The van der Waals surface area contributed by atoms with Gasteiger partial charge in [0.2, 0.25) is 11.6 Å². The molecule has 0 atom stereocenters. The number of allylic oxidation sites excluding steroid dienone is 1. The van der Waals surface area contributed by atoms with Crippen molar-refractivity contribution in [2.45, 2.75) is 19.8 Å². The quantitative estimate of drug-likeness (QED) is 0.199. The Hall–Kier alpha value is -1.54. The van der Waals surface area contributed by atoms with Crippen LogP contribution in [0.5, 0.6) is 0 Å². The smallest absolute Gasteiger partial charge is 0.360 e. The van der Waals surface area contributed by atoms with E-state index in [1.165, 1.54) is 6.92 Å². The molecule has 0 unspecified atom stereocenters. The number of nitrogens with zero attached hydrogens (tertiary/aromatic N) is 2.